The second kappa shape index (κ2) is 16.5. The maximum atomic E-state index is 13.3. The molecular weight excluding hydrogens is 512 g/mol. The smallest absolute Gasteiger partial charge is 0.311 e. The molecule has 0 saturated carbocycles. The van der Waals surface area contributed by atoms with Crippen LogP contribution in [0.5, 0.6) is 0 Å². The fourth-order valence-electron chi connectivity index (χ4n) is 5.93. The van der Waals surface area contributed by atoms with Crippen molar-refractivity contribution in [3.63, 3.8) is 0 Å². The summed E-state index contributed by atoms with van der Waals surface area (Å²) in [5, 5.41) is 25.9. The zero-order valence-corrected chi connectivity index (χ0v) is 27.4. The number of aliphatic hydroxyl groups excluding tert-OH is 1. The van der Waals surface area contributed by atoms with E-state index >= 15 is 0 Å². The highest BCUT2D eigenvalue weighted by molar-refractivity contribution is 5.73. The molecule has 1 fully saturated rings. The summed E-state index contributed by atoms with van der Waals surface area (Å²) >= 11 is 0. The van der Waals surface area contributed by atoms with Gasteiger partial charge in [0.05, 0.1) is 24.2 Å². The van der Waals surface area contributed by atoms with Gasteiger partial charge < -0.3 is 39.4 Å². The molecule has 0 radical (unpaired) electrons. The Balaban J connectivity index is 3.14. The molecule has 1 saturated heterocycles. The molecule has 9 heteroatoms. The number of rotatable bonds is 16. The molecule has 1 aliphatic heterocycles. The van der Waals surface area contributed by atoms with Crippen LogP contribution in [0, 0.1) is 17.8 Å². The number of esters is 1. The third-order valence-corrected chi connectivity index (χ3v) is 8.45. The van der Waals surface area contributed by atoms with E-state index in [0.717, 1.165) is 18.4 Å². The molecule has 3 N–H and O–H groups in total. The minimum atomic E-state index is -1.45. The number of carbonyl (C=O) groups excluding carboxylic acids is 1. The Morgan fingerprint density at radius 2 is 1.80 bits per heavy atom. The lowest BCUT2D eigenvalue weighted by Gasteiger charge is -2.41. The zero-order valence-electron chi connectivity index (χ0n) is 27.4. The van der Waals surface area contributed by atoms with Crippen LogP contribution in [0.1, 0.15) is 81.6 Å². The maximum Gasteiger partial charge on any atom is 0.311 e. The van der Waals surface area contributed by atoms with E-state index in [1.807, 2.05) is 27.7 Å². The summed E-state index contributed by atoms with van der Waals surface area (Å²) in [5.74, 6) is -1.55. The Morgan fingerprint density at radius 3 is 2.27 bits per heavy atom. The van der Waals surface area contributed by atoms with Gasteiger partial charge >= 0.3 is 5.97 Å². The topological polar surface area (TPSA) is 110 Å². The van der Waals surface area contributed by atoms with Crippen LogP contribution in [0.25, 0.3) is 0 Å². The molecule has 0 spiro atoms. The van der Waals surface area contributed by atoms with Crippen molar-refractivity contribution in [1.82, 2.24) is 10.2 Å². The quantitative estimate of drug-likeness (QED) is 0.188. The molecule has 9 nitrogen and oxygen atoms in total. The molecular formula is C31H60N2O7. The monoisotopic (exact) mass is 572 g/mol. The standard InChI is InChI=1S/C31H60N2O7/c1-14-25(31(9,36)29(37-13)23(8)32-10)39-30(35)22(7)27(34)21(6)28(19(4)15-18(2)3)40-26-17-24(33(11)12)16-20(5)38-26/h15,18,20-29,32,34,36H,14,16-17H2,1-13H3/b19-15+/t20-,21+,22-,23-,24?,25-,26+,27+,28+,29-,31-/m1/s1. The zero-order chi connectivity index (χ0) is 30.9. The average Bonchev–Trinajstić information content (AvgIpc) is 2.87. The number of likely N-dealkylation sites (N-methyl/N-ethyl adjacent to an activating group) is 1. The third kappa shape index (κ3) is 10.0. The molecule has 0 aromatic rings. The molecule has 0 bridgehead atoms. The molecule has 11 atom stereocenters. The van der Waals surface area contributed by atoms with Gasteiger partial charge in [-0.05, 0) is 80.1 Å². The highest BCUT2D eigenvalue weighted by Gasteiger charge is 2.45. The van der Waals surface area contributed by atoms with Crippen molar-refractivity contribution < 1.29 is 34.0 Å². The lowest BCUT2D eigenvalue weighted by molar-refractivity contribution is -0.228. The number of aliphatic hydroxyl groups is 2. The average molecular weight is 573 g/mol. The second-order valence-corrected chi connectivity index (χ2v) is 12.6. The summed E-state index contributed by atoms with van der Waals surface area (Å²) < 4.78 is 24.1. The first-order valence-corrected chi connectivity index (χ1v) is 15.0. The van der Waals surface area contributed by atoms with Gasteiger partial charge in [-0.15, -0.1) is 0 Å². The number of nitrogens with zero attached hydrogens (tertiary/aromatic N) is 1. The summed E-state index contributed by atoms with van der Waals surface area (Å²) in [6.45, 7) is 17.2. The van der Waals surface area contributed by atoms with Gasteiger partial charge in [0.2, 0.25) is 0 Å². The van der Waals surface area contributed by atoms with Crippen LogP contribution in [0.3, 0.4) is 0 Å². The summed E-state index contributed by atoms with van der Waals surface area (Å²) in [6.07, 6.45) is 0.871. The Labute approximate surface area is 244 Å². The largest absolute Gasteiger partial charge is 0.459 e. The van der Waals surface area contributed by atoms with Crippen LogP contribution in [-0.4, -0.2) is 104 Å². The van der Waals surface area contributed by atoms with Crippen LogP contribution in [-0.2, 0) is 23.7 Å². The van der Waals surface area contributed by atoms with Gasteiger partial charge in [0.1, 0.15) is 17.8 Å². The molecule has 1 unspecified atom stereocenters. The second-order valence-electron chi connectivity index (χ2n) is 12.6. The predicted molar refractivity (Wildman–Crippen MR) is 159 cm³/mol. The Bertz CT molecular complexity index is 788. The minimum absolute atomic E-state index is 0.0515. The van der Waals surface area contributed by atoms with Crippen LogP contribution >= 0.6 is 0 Å². The van der Waals surface area contributed by atoms with Gasteiger partial charge in [0, 0.05) is 31.5 Å². The number of hydrogen-bond donors (Lipinski definition) is 3. The van der Waals surface area contributed by atoms with Crippen molar-refractivity contribution >= 4 is 5.97 Å². The maximum absolute atomic E-state index is 13.3. The van der Waals surface area contributed by atoms with Crippen LogP contribution in [0.4, 0.5) is 0 Å². The number of nitrogens with one attached hydrogen (secondary N) is 1. The Kier molecular flexibility index (Phi) is 15.3. The van der Waals surface area contributed by atoms with E-state index in [1.165, 1.54) is 7.11 Å². The van der Waals surface area contributed by atoms with Crippen molar-refractivity contribution in [2.24, 2.45) is 17.8 Å². The summed E-state index contributed by atoms with van der Waals surface area (Å²) in [5.41, 5.74) is -0.457. The first kappa shape index (κ1) is 37.0. The first-order valence-electron chi connectivity index (χ1n) is 15.0. The lowest BCUT2D eigenvalue weighted by Crippen LogP contribution is -2.59. The Hall–Kier alpha value is -1.07. The van der Waals surface area contributed by atoms with Crippen molar-refractivity contribution in [3.05, 3.63) is 11.6 Å². The van der Waals surface area contributed by atoms with Gasteiger partial charge in [-0.3, -0.25) is 4.79 Å². The van der Waals surface area contributed by atoms with Crippen molar-refractivity contribution in [3.8, 4) is 0 Å². The first-order chi connectivity index (χ1) is 18.5. The fraction of sp³-hybridized carbons (Fsp3) is 0.903. The lowest BCUT2D eigenvalue weighted by atomic mass is 9.84. The van der Waals surface area contributed by atoms with E-state index in [-0.39, 0.29) is 12.1 Å². The van der Waals surface area contributed by atoms with E-state index in [2.05, 4.69) is 51.2 Å². The van der Waals surface area contributed by atoms with Crippen LogP contribution in [0.2, 0.25) is 0 Å². The van der Waals surface area contributed by atoms with Gasteiger partial charge in [0.25, 0.3) is 0 Å². The van der Waals surface area contributed by atoms with Gasteiger partial charge in [-0.25, -0.2) is 0 Å². The van der Waals surface area contributed by atoms with Crippen molar-refractivity contribution in [2.45, 2.75) is 136 Å². The van der Waals surface area contributed by atoms with E-state index < -0.39 is 54.1 Å². The summed E-state index contributed by atoms with van der Waals surface area (Å²) in [4.78, 5) is 15.5. The summed E-state index contributed by atoms with van der Waals surface area (Å²) in [7, 11) is 7.44. The predicted octanol–water partition coefficient (Wildman–Crippen LogP) is 3.76. The van der Waals surface area contributed by atoms with E-state index in [0.29, 0.717) is 18.4 Å². The van der Waals surface area contributed by atoms with Crippen LogP contribution in [0.15, 0.2) is 11.6 Å². The molecule has 0 aromatic carbocycles. The fourth-order valence-corrected chi connectivity index (χ4v) is 5.93. The Morgan fingerprint density at radius 1 is 1.20 bits per heavy atom. The highest BCUT2D eigenvalue weighted by Crippen LogP contribution is 2.32. The number of methoxy groups -OCH3 is 1. The SMILES string of the molecule is CC[C@@H](OC(=O)[C@H](C)[C@@H](O)[C@H](C)[C@@H](O[C@H]1CC(N(C)C)C[C@@H](C)O1)/C(C)=C/C(C)C)[C@@](C)(O)[C@H](OC)[C@@H](C)NC. The molecule has 0 aliphatic carbocycles. The van der Waals surface area contributed by atoms with Crippen LogP contribution < -0.4 is 5.32 Å². The van der Waals surface area contributed by atoms with Crippen molar-refractivity contribution in [1.29, 1.82) is 0 Å². The van der Waals surface area contributed by atoms with E-state index in [9.17, 15) is 15.0 Å². The third-order valence-electron chi connectivity index (χ3n) is 8.45. The minimum Gasteiger partial charge on any atom is -0.459 e. The van der Waals surface area contributed by atoms with E-state index in [4.69, 9.17) is 18.9 Å². The molecule has 40 heavy (non-hydrogen) atoms. The highest BCUT2D eigenvalue weighted by atomic mass is 16.7. The molecule has 0 amide bonds. The summed E-state index contributed by atoms with van der Waals surface area (Å²) in [6, 6.07) is 0.152. The number of ether oxygens (including phenoxy) is 4. The van der Waals surface area contributed by atoms with Crippen molar-refractivity contribution in [2.75, 3.05) is 28.3 Å². The van der Waals surface area contributed by atoms with Gasteiger partial charge in [0.15, 0.2) is 6.29 Å². The van der Waals surface area contributed by atoms with Gasteiger partial charge in [-0.2, -0.15) is 0 Å². The number of hydrogen-bond acceptors (Lipinski definition) is 9. The van der Waals surface area contributed by atoms with Gasteiger partial charge in [-0.1, -0.05) is 33.8 Å². The molecule has 1 rings (SSSR count). The number of allylic oxidation sites excluding steroid dienone is 1. The number of carbonyl (C=O) groups is 1. The van der Waals surface area contributed by atoms with E-state index in [1.54, 1.807) is 20.9 Å². The normalized spacial score (nSPS) is 27.4. The molecule has 236 valence electrons. The molecule has 0 aromatic heterocycles. The molecule has 1 aliphatic rings. The molecule has 1 heterocycles.